The van der Waals surface area contributed by atoms with E-state index in [1.54, 1.807) is 11.2 Å². The molecule has 1 aliphatic carbocycles. The van der Waals surface area contributed by atoms with Crippen molar-refractivity contribution in [3.05, 3.63) is 24.3 Å². The molecule has 124 valence electrons. The van der Waals surface area contributed by atoms with Crippen LogP contribution in [-0.4, -0.2) is 26.1 Å². The summed E-state index contributed by atoms with van der Waals surface area (Å²) in [6.07, 6.45) is 7.72. The maximum absolute atomic E-state index is 6.27. The van der Waals surface area contributed by atoms with Crippen LogP contribution >= 0.6 is 0 Å². The highest BCUT2D eigenvalue weighted by Gasteiger charge is 2.40. The second-order valence-corrected chi connectivity index (χ2v) is 6.71. The lowest BCUT2D eigenvalue weighted by Gasteiger charge is -2.27. The van der Waals surface area contributed by atoms with Crippen LogP contribution in [-0.2, 0) is 5.54 Å². The summed E-state index contributed by atoms with van der Waals surface area (Å²) in [4.78, 5) is 8.60. The Kier molecular flexibility index (Phi) is 3.68. The van der Waals surface area contributed by atoms with Crippen molar-refractivity contribution < 1.29 is 0 Å². The van der Waals surface area contributed by atoms with E-state index in [1.165, 1.54) is 19.2 Å². The molecule has 0 amide bonds. The van der Waals surface area contributed by atoms with E-state index in [0.717, 1.165) is 16.6 Å². The molecule has 0 atom stereocenters. The lowest BCUT2D eigenvalue weighted by Crippen LogP contribution is -2.28. The number of hydrazine groups is 1. The normalized spacial score (nSPS) is 16.1. The van der Waals surface area contributed by atoms with Gasteiger partial charge in [-0.2, -0.15) is 0 Å². The molecular weight excluding hydrogens is 290 g/mol. The smallest absolute Gasteiger partial charge is 0.146 e. The lowest BCUT2D eigenvalue weighted by atomic mass is 9.98. The number of aromatic nitrogens is 3. The van der Waals surface area contributed by atoms with Gasteiger partial charge in [-0.15, -0.1) is 0 Å². The Labute approximate surface area is 136 Å². The molecule has 0 spiro atoms. The lowest BCUT2D eigenvalue weighted by molar-refractivity contribution is 0.313. The van der Waals surface area contributed by atoms with Gasteiger partial charge >= 0.3 is 0 Å². The third kappa shape index (κ3) is 2.61. The summed E-state index contributed by atoms with van der Waals surface area (Å²) < 4.78 is 2.18. The van der Waals surface area contributed by atoms with E-state index < -0.39 is 0 Å². The molecule has 0 saturated heterocycles. The highest BCUT2D eigenvalue weighted by atomic mass is 15.4. The summed E-state index contributed by atoms with van der Waals surface area (Å²) in [6, 6.07) is 0. The number of hydrogen-bond donors (Lipinski definition) is 3. The molecular formula is C16H25N7. The maximum atomic E-state index is 6.27. The van der Waals surface area contributed by atoms with Gasteiger partial charge in [-0.3, -0.25) is 0 Å². The molecule has 6 N–H and O–H groups in total. The Bertz CT molecular complexity index is 755. The standard InChI is InChI=1S/C16H25N7/c1-4-22(19)8-12(17)11-7-23(16(2,3)10-5-6-10)15-13(11)14(18)20-9-21-15/h7-10H,4-6,17,19H2,1-3H3,(H2,18,20,21)/b12-8-. The minimum atomic E-state index is -0.0370. The van der Waals surface area contributed by atoms with Gasteiger partial charge in [0.05, 0.1) is 11.1 Å². The van der Waals surface area contributed by atoms with E-state index in [0.29, 0.717) is 24.0 Å². The summed E-state index contributed by atoms with van der Waals surface area (Å²) in [5.41, 5.74) is 14.6. The van der Waals surface area contributed by atoms with Gasteiger partial charge in [0.1, 0.15) is 17.8 Å². The number of nitrogens with zero attached hydrogens (tertiary/aromatic N) is 4. The summed E-state index contributed by atoms with van der Waals surface area (Å²) in [5, 5.41) is 2.34. The molecule has 0 aliphatic heterocycles. The number of fused-ring (bicyclic) bond motifs is 1. The number of nitrogens with two attached hydrogens (primary N) is 3. The van der Waals surface area contributed by atoms with Crippen LogP contribution in [0.25, 0.3) is 16.7 Å². The zero-order chi connectivity index (χ0) is 16.8. The Morgan fingerprint density at radius 2 is 2.13 bits per heavy atom. The molecule has 7 heteroatoms. The quantitative estimate of drug-likeness (QED) is 0.571. The molecule has 0 radical (unpaired) electrons. The molecule has 3 rings (SSSR count). The van der Waals surface area contributed by atoms with Crippen molar-refractivity contribution in [3.8, 4) is 0 Å². The second kappa shape index (κ2) is 5.42. The third-order valence-corrected chi connectivity index (χ3v) is 4.79. The summed E-state index contributed by atoms with van der Waals surface area (Å²) >= 11 is 0. The average molecular weight is 315 g/mol. The zero-order valence-corrected chi connectivity index (χ0v) is 14.0. The third-order valence-electron chi connectivity index (χ3n) is 4.79. The molecule has 7 nitrogen and oxygen atoms in total. The van der Waals surface area contributed by atoms with Crippen LogP contribution in [0.5, 0.6) is 0 Å². The molecule has 2 aromatic rings. The topological polar surface area (TPSA) is 112 Å². The minimum absolute atomic E-state index is 0.0370. The van der Waals surface area contributed by atoms with Crippen LogP contribution in [0.1, 0.15) is 39.2 Å². The van der Waals surface area contributed by atoms with E-state index >= 15 is 0 Å². The first-order chi connectivity index (χ1) is 10.9. The predicted molar refractivity (Wildman–Crippen MR) is 92.7 cm³/mol. The largest absolute Gasteiger partial charge is 0.397 e. The highest BCUT2D eigenvalue weighted by molar-refractivity contribution is 5.97. The molecule has 2 heterocycles. The molecule has 0 aromatic carbocycles. The predicted octanol–water partition coefficient (Wildman–Crippen LogP) is 1.61. The van der Waals surface area contributed by atoms with Crippen molar-refractivity contribution in [3.63, 3.8) is 0 Å². The minimum Gasteiger partial charge on any atom is -0.397 e. The van der Waals surface area contributed by atoms with Crippen LogP contribution in [0.4, 0.5) is 5.82 Å². The van der Waals surface area contributed by atoms with Crippen LogP contribution in [0.15, 0.2) is 18.7 Å². The number of hydrogen-bond acceptors (Lipinski definition) is 6. The summed E-state index contributed by atoms with van der Waals surface area (Å²) in [6.45, 7) is 7.08. The molecule has 1 aliphatic rings. The van der Waals surface area contributed by atoms with Crippen molar-refractivity contribution in [1.29, 1.82) is 0 Å². The first kappa shape index (κ1) is 15.6. The molecule has 0 unspecified atom stereocenters. The van der Waals surface area contributed by atoms with E-state index in [1.807, 2.05) is 13.1 Å². The second-order valence-electron chi connectivity index (χ2n) is 6.71. The Morgan fingerprint density at radius 1 is 1.43 bits per heavy atom. The molecule has 1 fully saturated rings. The van der Waals surface area contributed by atoms with Crippen LogP contribution in [0.3, 0.4) is 0 Å². The van der Waals surface area contributed by atoms with E-state index in [9.17, 15) is 0 Å². The summed E-state index contributed by atoms with van der Waals surface area (Å²) in [5.74, 6) is 6.94. The Morgan fingerprint density at radius 3 is 2.74 bits per heavy atom. The zero-order valence-electron chi connectivity index (χ0n) is 14.0. The van der Waals surface area contributed by atoms with Crippen LogP contribution in [0.2, 0.25) is 0 Å². The number of anilines is 1. The van der Waals surface area contributed by atoms with Gasteiger partial charge < -0.3 is 21.0 Å². The fourth-order valence-corrected chi connectivity index (χ4v) is 3.07. The van der Waals surface area contributed by atoms with Crippen molar-refractivity contribution in [1.82, 2.24) is 19.5 Å². The van der Waals surface area contributed by atoms with Gasteiger partial charge in [0.25, 0.3) is 0 Å². The first-order valence-electron chi connectivity index (χ1n) is 7.97. The Hall–Kier alpha value is -2.28. The van der Waals surface area contributed by atoms with E-state index in [4.69, 9.17) is 17.3 Å². The Balaban J connectivity index is 2.21. The molecule has 1 saturated carbocycles. The highest BCUT2D eigenvalue weighted by Crippen LogP contribution is 2.46. The molecule has 23 heavy (non-hydrogen) atoms. The van der Waals surface area contributed by atoms with Crippen LogP contribution < -0.4 is 17.3 Å². The van der Waals surface area contributed by atoms with Crippen molar-refractivity contribution >= 4 is 22.5 Å². The monoisotopic (exact) mass is 315 g/mol. The summed E-state index contributed by atoms with van der Waals surface area (Å²) in [7, 11) is 0. The van der Waals surface area contributed by atoms with Crippen LogP contribution in [0, 0.1) is 5.92 Å². The number of rotatable bonds is 5. The van der Waals surface area contributed by atoms with Gasteiger partial charge in [-0.1, -0.05) is 0 Å². The van der Waals surface area contributed by atoms with Gasteiger partial charge in [-0.25, -0.2) is 15.8 Å². The fraction of sp³-hybridized carbons (Fsp3) is 0.500. The number of nitrogen functional groups attached to an aromatic ring is 1. The SMILES string of the molecule is CCN(N)/C=C(\N)c1cn(C(C)(C)C2CC2)c2ncnc(N)c12. The van der Waals surface area contributed by atoms with Crippen molar-refractivity contribution in [2.24, 2.45) is 17.5 Å². The van der Waals surface area contributed by atoms with E-state index in [2.05, 4.69) is 28.4 Å². The van der Waals surface area contributed by atoms with Crippen molar-refractivity contribution in [2.45, 2.75) is 39.2 Å². The van der Waals surface area contributed by atoms with E-state index in [-0.39, 0.29) is 5.54 Å². The first-order valence-corrected chi connectivity index (χ1v) is 7.97. The van der Waals surface area contributed by atoms with Gasteiger partial charge in [-0.05, 0) is 39.5 Å². The molecule has 0 bridgehead atoms. The fourth-order valence-electron chi connectivity index (χ4n) is 3.07. The van der Waals surface area contributed by atoms with Gasteiger partial charge in [0.2, 0.25) is 0 Å². The molecule has 2 aromatic heterocycles. The maximum Gasteiger partial charge on any atom is 0.146 e. The van der Waals surface area contributed by atoms with Crippen molar-refractivity contribution in [2.75, 3.05) is 12.3 Å². The average Bonchev–Trinajstić information content (AvgIpc) is 3.28. The van der Waals surface area contributed by atoms with Gasteiger partial charge in [0, 0.05) is 30.0 Å². The van der Waals surface area contributed by atoms with Gasteiger partial charge in [0.15, 0.2) is 0 Å².